The molecule has 0 saturated carbocycles. The number of hydrogen-bond donors (Lipinski definition) is 1. The van der Waals surface area contributed by atoms with Gasteiger partial charge in [0.15, 0.2) is 0 Å². The van der Waals surface area contributed by atoms with E-state index in [0.29, 0.717) is 0 Å². The third-order valence-electron chi connectivity index (χ3n) is 2.49. The summed E-state index contributed by atoms with van der Waals surface area (Å²) in [5.74, 6) is 0. The molecule has 0 atom stereocenters. The van der Waals surface area contributed by atoms with E-state index in [1.54, 1.807) is 11.3 Å². The number of rotatable bonds is 5. The number of benzene rings is 1. The van der Waals surface area contributed by atoms with Gasteiger partial charge in [0.25, 0.3) is 0 Å². The zero-order valence-corrected chi connectivity index (χ0v) is 12.1. The van der Waals surface area contributed by atoms with Crippen LogP contribution in [-0.4, -0.2) is 18.6 Å². The third kappa shape index (κ3) is 3.63. The molecule has 0 aliphatic carbocycles. The maximum Gasteiger partial charge on any atom is 0.123 e. The number of thiazole rings is 1. The molecule has 1 aromatic carbocycles. The van der Waals surface area contributed by atoms with Gasteiger partial charge in [0.2, 0.25) is 0 Å². The predicted octanol–water partition coefficient (Wildman–Crippen LogP) is 3.72. The molecule has 0 bridgehead atoms. The molecule has 1 N–H and O–H groups in total. The highest BCUT2D eigenvalue weighted by Crippen LogP contribution is 2.26. The summed E-state index contributed by atoms with van der Waals surface area (Å²) >= 11 is 5.23. The highest BCUT2D eigenvalue weighted by molar-refractivity contribution is 9.10. The lowest BCUT2D eigenvalue weighted by molar-refractivity contribution is 0.729. The first-order valence-corrected chi connectivity index (χ1v) is 7.26. The van der Waals surface area contributed by atoms with E-state index < -0.39 is 0 Å². The normalized spacial score (nSPS) is 10.7. The van der Waals surface area contributed by atoms with Gasteiger partial charge >= 0.3 is 0 Å². The fourth-order valence-corrected chi connectivity index (χ4v) is 2.81. The average molecular weight is 311 g/mol. The van der Waals surface area contributed by atoms with Crippen LogP contribution in [-0.2, 0) is 6.42 Å². The molecule has 0 spiro atoms. The molecule has 4 heteroatoms. The van der Waals surface area contributed by atoms with Gasteiger partial charge in [0.1, 0.15) is 5.01 Å². The van der Waals surface area contributed by atoms with Crippen molar-refractivity contribution in [3.63, 3.8) is 0 Å². The van der Waals surface area contributed by atoms with E-state index in [0.717, 1.165) is 22.4 Å². The Morgan fingerprint density at radius 2 is 2.06 bits per heavy atom. The topological polar surface area (TPSA) is 24.9 Å². The first kappa shape index (κ1) is 12.7. The Morgan fingerprint density at radius 3 is 2.76 bits per heavy atom. The first-order valence-electron chi connectivity index (χ1n) is 5.65. The van der Waals surface area contributed by atoms with E-state index in [-0.39, 0.29) is 0 Å². The van der Waals surface area contributed by atoms with Crippen LogP contribution in [0.5, 0.6) is 0 Å². The van der Waals surface area contributed by atoms with Gasteiger partial charge in [-0.3, -0.25) is 0 Å². The van der Waals surface area contributed by atoms with Gasteiger partial charge < -0.3 is 5.32 Å². The van der Waals surface area contributed by atoms with Crippen molar-refractivity contribution in [3.05, 3.63) is 39.8 Å². The Kier molecular flexibility index (Phi) is 4.71. The Balaban J connectivity index is 2.04. The van der Waals surface area contributed by atoms with Crippen molar-refractivity contribution in [2.24, 2.45) is 0 Å². The second-order valence-corrected chi connectivity index (χ2v) is 5.88. The number of nitrogens with zero attached hydrogens (tertiary/aromatic N) is 1. The standard InChI is InChI=1S/C13H15BrN2S/c1-15-8-2-3-12-9-16-13(17-12)10-4-6-11(14)7-5-10/h4-7,9,15H,2-3,8H2,1H3. The highest BCUT2D eigenvalue weighted by Gasteiger charge is 2.04. The second-order valence-electron chi connectivity index (χ2n) is 3.85. The molecule has 0 saturated heterocycles. The van der Waals surface area contributed by atoms with Crippen LogP contribution in [0.1, 0.15) is 11.3 Å². The van der Waals surface area contributed by atoms with Crippen LogP contribution in [0, 0.1) is 0 Å². The van der Waals surface area contributed by atoms with E-state index in [4.69, 9.17) is 0 Å². The van der Waals surface area contributed by atoms with Crippen LogP contribution >= 0.6 is 27.3 Å². The smallest absolute Gasteiger partial charge is 0.123 e. The van der Waals surface area contributed by atoms with Crippen LogP contribution in [0.2, 0.25) is 0 Å². The van der Waals surface area contributed by atoms with Crippen LogP contribution < -0.4 is 5.32 Å². The van der Waals surface area contributed by atoms with Crippen molar-refractivity contribution in [2.75, 3.05) is 13.6 Å². The lowest BCUT2D eigenvalue weighted by Gasteiger charge is -1.97. The quantitative estimate of drug-likeness (QED) is 0.851. The lowest BCUT2D eigenvalue weighted by atomic mass is 10.2. The van der Waals surface area contributed by atoms with E-state index >= 15 is 0 Å². The SMILES string of the molecule is CNCCCc1cnc(-c2ccc(Br)cc2)s1. The van der Waals surface area contributed by atoms with Crippen molar-refractivity contribution >= 4 is 27.3 Å². The molecule has 0 radical (unpaired) electrons. The summed E-state index contributed by atoms with van der Waals surface area (Å²) in [6.07, 6.45) is 4.27. The molecule has 0 fully saturated rings. The van der Waals surface area contributed by atoms with Gasteiger partial charge in [-0.05, 0) is 38.6 Å². The zero-order chi connectivity index (χ0) is 12.1. The van der Waals surface area contributed by atoms with Crippen molar-refractivity contribution in [1.82, 2.24) is 10.3 Å². The molecular weight excluding hydrogens is 296 g/mol. The Hall–Kier alpha value is -0.710. The molecule has 0 aliphatic heterocycles. The third-order valence-corrected chi connectivity index (χ3v) is 4.13. The van der Waals surface area contributed by atoms with Gasteiger partial charge in [-0.15, -0.1) is 11.3 Å². The maximum atomic E-state index is 4.48. The van der Waals surface area contributed by atoms with Gasteiger partial charge in [-0.2, -0.15) is 0 Å². The second kappa shape index (κ2) is 6.28. The molecule has 0 unspecified atom stereocenters. The van der Waals surface area contributed by atoms with Crippen molar-refractivity contribution in [1.29, 1.82) is 0 Å². The predicted molar refractivity (Wildman–Crippen MR) is 77.5 cm³/mol. The van der Waals surface area contributed by atoms with Crippen LogP contribution in [0.25, 0.3) is 10.6 Å². The van der Waals surface area contributed by atoms with E-state index in [1.165, 1.54) is 16.9 Å². The van der Waals surface area contributed by atoms with Gasteiger partial charge in [-0.25, -0.2) is 4.98 Å². The highest BCUT2D eigenvalue weighted by atomic mass is 79.9. The molecule has 2 aromatic rings. The number of hydrogen-bond acceptors (Lipinski definition) is 3. The number of aryl methyl sites for hydroxylation is 1. The fraction of sp³-hybridized carbons (Fsp3) is 0.308. The van der Waals surface area contributed by atoms with Gasteiger partial charge in [-0.1, -0.05) is 28.1 Å². The number of aromatic nitrogens is 1. The molecule has 90 valence electrons. The van der Waals surface area contributed by atoms with Crippen molar-refractivity contribution in [3.8, 4) is 10.6 Å². The minimum atomic E-state index is 1.06. The minimum Gasteiger partial charge on any atom is -0.320 e. The molecule has 2 rings (SSSR count). The lowest BCUT2D eigenvalue weighted by Crippen LogP contribution is -2.07. The summed E-state index contributed by atoms with van der Waals surface area (Å²) in [5, 5.41) is 4.27. The van der Waals surface area contributed by atoms with Crippen LogP contribution in [0.3, 0.4) is 0 Å². The number of nitrogens with one attached hydrogen (secondary N) is 1. The monoisotopic (exact) mass is 310 g/mol. The Labute approximate surface area is 114 Å². The molecular formula is C13H15BrN2S. The largest absolute Gasteiger partial charge is 0.320 e. The minimum absolute atomic E-state index is 1.06. The average Bonchev–Trinajstić information content (AvgIpc) is 2.79. The Bertz CT molecular complexity index is 465. The summed E-state index contributed by atoms with van der Waals surface area (Å²) in [4.78, 5) is 5.84. The van der Waals surface area contributed by atoms with Crippen LogP contribution in [0.4, 0.5) is 0 Å². The molecule has 17 heavy (non-hydrogen) atoms. The molecule has 0 amide bonds. The summed E-state index contributed by atoms with van der Waals surface area (Å²) in [7, 11) is 1.99. The summed E-state index contributed by atoms with van der Waals surface area (Å²) in [5.41, 5.74) is 1.19. The van der Waals surface area contributed by atoms with Crippen molar-refractivity contribution in [2.45, 2.75) is 12.8 Å². The molecule has 1 aromatic heterocycles. The molecule has 1 heterocycles. The van der Waals surface area contributed by atoms with E-state index in [1.807, 2.05) is 13.2 Å². The Morgan fingerprint density at radius 1 is 1.29 bits per heavy atom. The molecule has 2 nitrogen and oxygen atoms in total. The van der Waals surface area contributed by atoms with Crippen molar-refractivity contribution < 1.29 is 0 Å². The van der Waals surface area contributed by atoms with Gasteiger partial charge in [0, 0.05) is 21.1 Å². The van der Waals surface area contributed by atoms with E-state index in [2.05, 4.69) is 50.5 Å². The maximum absolute atomic E-state index is 4.48. The summed E-state index contributed by atoms with van der Waals surface area (Å²) in [6, 6.07) is 8.30. The van der Waals surface area contributed by atoms with Crippen LogP contribution in [0.15, 0.2) is 34.9 Å². The summed E-state index contributed by atoms with van der Waals surface area (Å²) < 4.78 is 1.10. The van der Waals surface area contributed by atoms with Gasteiger partial charge in [0.05, 0.1) is 0 Å². The number of halogens is 1. The summed E-state index contributed by atoms with van der Waals surface area (Å²) in [6.45, 7) is 1.06. The fourth-order valence-electron chi connectivity index (χ4n) is 1.59. The zero-order valence-electron chi connectivity index (χ0n) is 9.74. The van der Waals surface area contributed by atoms with E-state index in [9.17, 15) is 0 Å². The molecule has 0 aliphatic rings. The first-order chi connectivity index (χ1) is 8.29.